The molecule has 1 fully saturated rings. The molecule has 2 N–H and O–H groups in total. The second-order valence-electron chi connectivity index (χ2n) is 3.41. The summed E-state index contributed by atoms with van der Waals surface area (Å²) in [4.78, 5) is 3.88. The lowest BCUT2D eigenvalue weighted by molar-refractivity contribution is 0.0410. The summed E-state index contributed by atoms with van der Waals surface area (Å²) in [7, 11) is -3.31. The molecule has 0 bridgehead atoms. The Morgan fingerprint density at radius 3 is 2.87 bits per heavy atom. The number of ether oxygens (including phenoxy) is 1. The molecule has 1 aliphatic heterocycles. The molecule has 8 heteroatoms. The summed E-state index contributed by atoms with van der Waals surface area (Å²) in [5, 5.41) is 5.83. The van der Waals surface area contributed by atoms with E-state index in [2.05, 4.69) is 19.9 Å². The van der Waals surface area contributed by atoms with Crippen molar-refractivity contribution in [2.45, 2.75) is 18.2 Å². The normalized spacial score (nSPS) is 19.8. The van der Waals surface area contributed by atoms with Crippen LogP contribution in [0.5, 0.6) is 0 Å². The van der Waals surface area contributed by atoms with E-state index in [1.807, 2.05) is 0 Å². The van der Waals surface area contributed by atoms with Crippen molar-refractivity contribution in [3.63, 3.8) is 0 Å². The molecule has 1 aliphatic rings. The van der Waals surface area contributed by atoms with Crippen LogP contribution in [-0.2, 0) is 14.8 Å². The highest BCUT2D eigenvalue weighted by molar-refractivity contribution is 7.90. The minimum absolute atomic E-state index is 0.262. The molecular formula is C7H12N4O3S. The van der Waals surface area contributed by atoms with Gasteiger partial charge in [0.25, 0.3) is 0 Å². The summed E-state index contributed by atoms with van der Waals surface area (Å²) in [6.45, 7) is 2.23. The first-order valence-electron chi connectivity index (χ1n) is 4.54. The fourth-order valence-corrected chi connectivity index (χ4v) is 2.56. The van der Waals surface area contributed by atoms with Crippen LogP contribution in [0.25, 0.3) is 0 Å². The number of H-pyrrole nitrogens is 1. The van der Waals surface area contributed by atoms with Gasteiger partial charge in [0, 0.05) is 0 Å². The van der Waals surface area contributed by atoms with E-state index < -0.39 is 21.3 Å². The first-order valence-corrected chi connectivity index (χ1v) is 6.08. The first-order chi connectivity index (χ1) is 7.09. The topological polar surface area (TPSA) is 97.0 Å². The van der Waals surface area contributed by atoms with Gasteiger partial charge in [0.15, 0.2) is 0 Å². The van der Waals surface area contributed by atoms with Crippen LogP contribution >= 0.6 is 0 Å². The fraction of sp³-hybridized carbons (Fsp3) is 0.714. The van der Waals surface area contributed by atoms with Crippen LogP contribution in [0.15, 0.2) is 6.33 Å². The molecule has 1 saturated heterocycles. The molecule has 0 saturated carbocycles. The van der Waals surface area contributed by atoms with Crippen LogP contribution in [0.1, 0.15) is 18.8 Å². The molecule has 1 atom stereocenters. The lowest BCUT2D eigenvalue weighted by atomic mass is 10.3. The minimum atomic E-state index is -3.31. The summed E-state index contributed by atoms with van der Waals surface area (Å²) in [6, 6.07) is -0.405. The molecule has 15 heavy (non-hydrogen) atoms. The molecule has 1 aromatic rings. The molecule has 0 amide bonds. The van der Waals surface area contributed by atoms with Crippen LogP contribution in [0, 0.1) is 0 Å². The maximum absolute atomic E-state index is 11.7. The number of nitrogens with zero attached hydrogens (tertiary/aromatic N) is 2. The Kier molecular flexibility index (Phi) is 2.72. The highest BCUT2D eigenvalue weighted by Crippen LogP contribution is 2.14. The SMILES string of the molecule is CC(NS(=O)(=O)C1COC1)c1ncn[nH]1. The Morgan fingerprint density at radius 2 is 2.40 bits per heavy atom. The van der Waals surface area contributed by atoms with Crippen molar-refractivity contribution in [3.8, 4) is 0 Å². The summed E-state index contributed by atoms with van der Waals surface area (Å²) < 4.78 is 30.7. The monoisotopic (exact) mass is 232 g/mol. The Morgan fingerprint density at radius 1 is 1.67 bits per heavy atom. The van der Waals surface area contributed by atoms with Crippen LogP contribution in [0.3, 0.4) is 0 Å². The average Bonchev–Trinajstić information content (AvgIpc) is 2.48. The van der Waals surface area contributed by atoms with Gasteiger partial charge in [0.1, 0.15) is 17.4 Å². The molecule has 0 spiro atoms. The maximum Gasteiger partial charge on any atom is 0.219 e. The van der Waals surface area contributed by atoms with Crippen molar-refractivity contribution in [2.24, 2.45) is 0 Å². The summed E-state index contributed by atoms with van der Waals surface area (Å²) >= 11 is 0. The molecular weight excluding hydrogens is 220 g/mol. The van der Waals surface area contributed by atoms with Gasteiger partial charge >= 0.3 is 0 Å². The summed E-state index contributed by atoms with van der Waals surface area (Å²) in [5.74, 6) is 0.499. The number of hydrogen-bond donors (Lipinski definition) is 2. The highest BCUT2D eigenvalue weighted by atomic mass is 32.2. The molecule has 0 radical (unpaired) electrons. The minimum Gasteiger partial charge on any atom is -0.378 e. The van der Waals surface area contributed by atoms with Crippen LogP contribution in [0.4, 0.5) is 0 Å². The first kappa shape index (κ1) is 10.5. The largest absolute Gasteiger partial charge is 0.378 e. The van der Waals surface area contributed by atoms with E-state index in [4.69, 9.17) is 4.74 Å². The third kappa shape index (κ3) is 2.16. The number of aromatic amines is 1. The number of hydrogen-bond acceptors (Lipinski definition) is 5. The molecule has 1 aromatic heterocycles. The van der Waals surface area contributed by atoms with Gasteiger partial charge in [-0.2, -0.15) is 5.10 Å². The molecule has 2 rings (SSSR count). The standard InChI is InChI=1S/C7H12N4O3S/c1-5(7-8-4-9-10-7)11-15(12,13)6-2-14-3-6/h4-6,11H,2-3H2,1H3,(H,8,9,10). The highest BCUT2D eigenvalue weighted by Gasteiger charge is 2.33. The van der Waals surface area contributed by atoms with Crippen molar-refractivity contribution < 1.29 is 13.2 Å². The van der Waals surface area contributed by atoms with E-state index in [1.165, 1.54) is 6.33 Å². The molecule has 1 unspecified atom stereocenters. The predicted octanol–water partition coefficient (Wildman–Crippen LogP) is -0.816. The van der Waals surface area contributed by atoms with Gasteiger partial charge in [-0.25, -0.2) is 18.1 Å². The summed E-state index contributed by atoms with van der Waals surface area (Å²) in [5.41, 5.74) is 0. The fourth-order valence-electron chi connectivity index (χ4n) is 1.22. The van der Waals surface area contributed by atoms with Crippen molar-refractivity contribution in [2.75, 3.05) is 13.2 Å². The average molecular weight is 232 g/mol. The summed E-state index contributed by atoms with van der Waals surface area (Å²) in [6.07, 6.45) is 1.34. The molecule has 7 nitrogen and oxygen atoms in total. The number of aromatic nitrogens is 3. The molecule has 2 heterocycles. The van der Waals surface area contributed by atoms with E-state index in [-0.39, 0.29) is 13.2 Å². The Hall–Kier alpha value is -0.990. The lowest BCUT2D eigenvalue weighted by Crippen LogP contribution is -2.47. The predicted molar refractivity (Wildman–Crippen MR) is 51.5 cm³/mol. The van der Waals surface area contributed by atoms with Gasteiger partial charge in [0.05, 0.1) is 19.3 Å². The van der Waals surface area contributed by atoms with Crippen molar-refractivity contribution >= 4 is 10.0 Å². The van der Waals surface area contributed by atoms with E-state index in [9.17, 15) is 8.42 Å². The maximum atomic E-state index is 11.7. The Labute approximate surface area is 87.3 Å². The van der Waals surface area contributed by atoms with E-state index in [0.29, 0.717) is 5.82 Å². The lowest BCUT2D eigenvalue weighted by Gasteiger charge is -2.26. The number of sulfonamides is 1. The van der Waals surface area contributed by atoms with E-state index in [0.717, 1.165) is 0 Å². The van der Waals surface area contributed by atoms with Crippen LogP contribution in [0.2, 0.25) is 0 Å². The van der Waals surface area contributed by atoms with Gasteiger partial charge in [-0.15, -0.1) is 0 Å². The molecule has 0 aromatic carbocycles. The smallest absolute Gasteiger partial charge is 0.219 e. The van der Waals surface area contributed by atoms with Gasteiger partial charge in [-0.3, -0.25) is 5.10 Å². The van der Waals surface area contributed by atoms with E-state index >= 15 is 0 Å². The van der Waals surface area contributed by atoms with Crippen molar-refractivity contribution in [3.05, 3.63) is 12.2 Å². The van der Waals surface area contributed by atoms with Gasteiger partial charge in [-0.05, 0) is 6.92 Å². The van der Waals surface area contributed by atoms with Crippen molar-refractivity contribution in [1.29, 1.82) is 0 Å². The Balaban J connectivity index is 2.02. The zero-order chi connectivity index (χ0) is 10.9. The van der Waals surface area contributed by atoms with Crippen LogP contribution < -0.4 is 4.72 Å². The zero-order valence-electron chi connectivity index (χ0n) is 8.17. The van der Waals surface area contributed by atoms with Crippen molar-refractivity contribution in [1.82, 2.24) is 19.9 Å². The quantitative estimate of drug-likeness (QED) is 0.707. The number of nitrogens with one attached hydrogen (secondary N) is 2. The van der Waals surface area contributed by atoms with Crippen LogP contribution in [-0.4, -0.2) is 42.1 Å². The molecule has 84 valence electrons. The third-order valence-electron chi connectivity index (χ3n) is 2.23. The zero-order valence-corrected chi connectivity index (χ0v) is 8.99. The number of rotatable bonds is 4. The second kappa shape index (κ2) is 3.87. The van der Waals surface area contributed by atoms with Gasteiger partial charge < -0.3 is 4.74 Å². The van der Waals surface area contributed by atoms with Gasteiger partial charge in [0.2, 0.25) is 10.0 Å². The van der Waals surface area contributed by atoms with E-state index in [1.54, 1.807) is 6.92 Å². The Bertz CT molecular complexity index is 411. The third-order valence-corrected chi connectivity index (χ3v) is 4.06. The van der Waals surface area contributed by atoms with Gasteiger partial charge in [-0.1, -0.05) is 0 Å². The molecule has 0 aliphatic carbocycles. The second-order valence-corrected chi connectivity index (χ2v) is 5.41.